The Kier molecular flexibility index (Phi) is 4.03. The average Bonchev–Trinajstić information content (AvgIpc) is 2.95. The van der Waals surface area contributed by atoms with Gasteiger partial charge >= 0.3 is 0 Å². The lowest BCUT2D eigenvalue weighted by Gasteiger charge is -2.14. The lowest BCUT2D eigenvalue weighted by atomic mass is 10.0. The van der Waals surface area contributed by atoms with Crippen LogP contribution in [0.1, 0.15) is 21.5 Å². The molecule has 2 heterocycles. The molecule has 1 aromatic carbocycles. The summed E-state index contributed by atoms with van der Waals surface area (Å²) in [5.41, 5.74) is 3.81. The largest absolute Gasteiger partial charge is 0.493 e. The summed E-state index contributed by atoms with van der Waals surface area (Å²) in [6.07, 6.45) is 1.00. The first-order chi connectivity index (χ1) is 8.65. The third-order valence-electron chi connectivity index (χ3n) is 2.93. The Morgan fingerprint density at radius 1 is 1.33 bits per heavy atom. The third kappa shape index (κ3) is 2.51. The lowest BCUT2D eigenvalue weighted by molar-refractivity contribution is 0.354. The zero-order valence-electron chi connectivity index (χ0n) is 9.25. The molecule has 1 atom stereocenters. The van der Waals surface area contributed by atoms with Gasteiger partial charge in [0.1, 0.15) is 5.75 Å². The van der Waals surface area contributed by atoms with Gasteiger partial charge in [0.15, 0.2) is 0 Å². The molecule has 0 N–H and O–H groups in total. The number of hydrogen-bond acceptors (Lipinski definition) is 2. The second kappa shape index (κ2) is 5.42. The van der Waals surface area contributed by atoms with E-state index in [4.69, 9.17) is 4.74 Å². The number of alkyl halides is 1. The van der Waals surface area contributed by atoms with Gasteiger partial charge in [-0.1, -0.05) is 31.9 Å². The van der Waals surface area contributed by atoms with Gasteiger partial charge in [0.05, 0.1) is 14.3 Å². The predicted molar refractivity (Wildman–Crippen MR) is 91.1 cm³/mol. The Bertz CT molecular complexity index is 597. The van der Waals surface area contributed by atoms with Crippen LogP contribution in [-0.2, 0) is 6.42 Å². The van der Waals surface area contributed by atoms with Crippen molar-refractivity contribution < 1.29 is 4.74 Å². The molecule has 1 aromatic heterocycles. The van der Waals surface area contributed by atoms with Crippen LogP contribution in [0.3, 0.4) is 0 Å². The van der Waals surface area contributed by atoms with Crippen molar-refractivity contribution in [2.75, 3.05) is 6.61 Å². The molecule has 18 heavy (non-hydrogen) atoms. The molecule has 94 valence electrons. The molecule has 1 unspecified atom stereocenters. The summed E-state index contributed by atoms with van der Waals surface area (Å²) in [7, 11) is 0. The second-order valence-electron chi connectivity index (χ2n) is 4.13. The number of benzene rings is 1. The maximum Gasteiger partial charge on any atom is 0.127 e. The topological polar surface area (TPSA) is 9.23 Å². The SMILES string of the molecule is Brc1cc2c(c(C(Br)c3csc(I)c3)c1)OCC2. The summed E-state index contributed by atoms with van der Waals surface area (Å²) in [6, 6.07) is 6.52. The molecule has 0 radical (unpaired) electrons. The smallest absolute Gasteiger partial charge is 0.127 e. The van der Waals surface area contributed by atoms with Crippen molar-refractivity contribution in [2.45, 2.75) is 11.2 Å². The fraction of sp³-hybridized carbons (Fsp3) is 0.231. The van der Waals surface area contributed by atoms with E-state index in [1.54, 1.807) is 11.3 Å². The van der Waals surface area contributed by atoms with Crippen LogP contribution in [0.15, 0.2) is 28.1 Å². The number of rotatable bonds is 2. The van der Waals surface area contributed by atoms with Crippen molar-refractivity contribution in [2.24, 2.45) is 0 Å². The first kappa shape index (κ1) is 13.4. The Morgan fingerprint density at radius 2 is 2.17 bits per heavy atom. The van der Waals surface area contributed by atoms with E-state index in [1.165, 1.54) is 19.6 Å². The number of fused-ring (bicyclic) bond motifs is 1. The van der Waals surface area contributed by atoms with Crippen molar-refractivity contribution in [1.29, 1.82) is 0 Å². The zero-order chi connectivity index (χ0) is 12.7. The first-order valence-electron chi connectivity index (χ1n) is 5.48. The lowest BCUT2D eigenvalue weighted by Crippen LogP contribution is -1.96. The molecule has 0 spiro atoms. The molecule has 0 fully saturated rings. The van der Waals surface area contributed by atoms with Gasteiger partial charge in [0.25, 0.3) is 0 Å². The van der Waals surface area contributed by atoms with Crippen molar-refractivity contribution >= 4 is 65.8 Å². The van der Waals surface area contributed by atoms with Crippen LogP contribution in [0.4, 0.5) is 0 Å². The molecule has 5 heteroatoms. The third-order valence-corrected chi connectivity index (χ3v) is 6.22. The molecule has 0 saturated carbocycles. The summed E-state index contributed by atoms with van der Waals surface area (Å²) in [4.78, 5) is 0.196. The summed E-state index contributed by atoms with van der Waals surface area (Å²) < 4.78 is 8.21. The van der Waals surface area contributed by atoms with E-state index in [-0.39, 0.29) is 4.83 Å². The highest BCUT2D eigenvalue weighted by molar-refractivity contribution is 14.1. The van der Waals surface area contributed by atoms with Gasteiger partial charge in [0, 0.05) is 16.5 Å². The number of ether oxygens (including phenoxy) is 1. The molecule has 0 aliphatic carbocycles. The van der Waals surface area contributed by atoms with E-state index in [2.05, 4.69) is 78.0 Å². The van der Waals surface area contributed by atoms with Crippen molar-refractivity contribution in [3.8, 4) is 5.75 Å². The minimum absolute atomic E-state index is 0.196. The standard InChI is InChI=1S/C13H9Br2IOS/c14-9-3-7-1-2-17-13(7)10(5-9)12(15)8-4-11(16)18-6-8/h3-6,12H,1-2H2. The molecule has 1 aliphatic rings. The van der Waals surface area contributed by atoms with E-state index in [0.29, 0.717) is 0 Å². The highest BCUT2D eigenvalue weighted by Gasteiger charge is 2.23. The van der Waals surface area contributed by atoms with Crippen LogP contribution >= 0.6 is 65.8 Å². The summed E-state index contributed by atoms with van der Waals surface area (Å²) in [6.45, 7) is 0.791. The molecular formula is C13H9Br2IOS. The van der Waals surface area contributed by atoms with Gasteiger partial charge in [-0.3, -0.25) is 0 Å². The van der Waals surface area contributed by atoms with E-state index >= 15 is 0 Å². The minimum Gasteiger partial charge on any atom is -0.493 e. The van der Waals surface area contributed by atoms with Gasteiger partial charge in [-0.25, -0.2) is 0 Å². The molecule has 0 amide bonds. The van der Waals surface area contributed by atoms with Crippen molar-refractivity contribution in [3.05, 3.63) is 47.6 Å². The van der Waals surface area contributed by atoms with E-state index in [0.717, 1.165) is 23.2 Å². The summed E-state index contributed by atoms with van der Waals surface area (Å²) >= 11 is 11.5. The van der Waals surface area contributed by atoms with Crippen molar-refractivity contribution in [3.63, 3.8) is 0 Å². The average molecular weight is 500 g/mol. The molecular weight excluding hydrogens is 491 g/mol. The molecule has 1 nitrogen and oxygen atoms in total. The van der Waals surface area contributed by atoms with E-state index in [1.807, 2.05) is 0 Å². The van der Waals surface area contributed by atoms with Gasteiger partial charge in [0.2, 0.25) is 0 Å². The Balaban J connectivity index is 2.06. The monoisotopic (exact) mass is 498 g/mol. The van der Waals surface area contributed by atoms with Gasteiger partial charge < -0.3 is 4.74 Å². The zero-order valence-corrected chi connectivity index (χ0v) is 15.4. The van der Waals surface area contributed by atoms with Gasteiger partial charge in [-0.15, -0.1) is 11.3 Å². The van der Waals surface area contributed by atoms with E-state index < -0.39 is 0 Å². The maximum absolute atomic E-state index is 5.78. The quantitative estimate of drug-likeness (QED) is 0.390. The number of thiophene rings is 1. The Morgan fingerprint density at radius 3 is 2.89 bits per heavy atom. The predicted octanol–water partition coefficient (Wildman–Crippen LogP) is 5.53. The second-order valence-corrected chi connectivity index (χ2v) is 8.77. The normalized spacial score (nSPS) is 15.3. The van der Waals surface area contributed by atoms with Gasteiger partial charge in [-0.05, 0) is 57.3 Å². The molecule has 3 rings (SSSR count). The fourth-order valence-corrected chi connectivity index (χ4v) is 4.82. The number of hydrogen-bond donors (Lipinski definition) is 0. The Labute approximate surface area is 140 Å². The van der Waals surface area contributed by atoms with Crippen LogP contribution in [0.25, 0.3) is 0 Å². The van der Waals surface area contributed by atoms with Crippen LogP contribution in [0.2, 0.25) is 0 Å². The fourth-order valence-electron chi connectivity index (χ4n) is 2.12. The number of halogens is 3. The maximum atomic E-state index is 5.78. The molecule has 0 bridgehead atoms. The summed E-state index contributed by atoms with van der Waals surface area (Å²) in [5, 5.41) is 2.20. The molecule has 1 aliphatic heterocycles. The van der Waals surface area contributed by atoms with Gasteiger partial charge in [-0.2, -0.15) is 0 Å². The van der Waals surface area contributed by atoms with Crippen molar-refractivity contribution in [1.82, 2.24) is 0 Å². The Hall–Kier alpha value is 0.410. The first-order valence-corrected chi connectivity index (χ1v) is 9.15. The molecule has 0 saturated heterocycles. The molecule has 2 aromatic rings. The minimum atomic E-state index is 0.196. The van der Waals surface area contributed by atoms with Crippen LogP contribution in [0, 0.1) is 2.88 Å². The summed E-state index contributed by atoms with van der Waals surface area (Å²) in [5.74, 6) is 1.06. The van der Waals surface area contributed by atoms with Crippen LogP contribution < -0.4 is 4.74 Å². The van der Waals surface area contributed by atoms with E-state index in [9.17, 15) is 0 Å². The van der Waals surface area contributed by atoms with Crippen LogP contribution in [0.5, 0.6) is 5.75 Å². The van der Waals surface area contributed by atoms with Crippen LogP contribution in [-0.4, -0.2) is 6.61 Å². The highest BCUT2D eigenvalue weighted by Crippen LogP contribution is 2.43. The highest BCUT2D eigenvalue weighted by atomic mass is 127.